The molecule has 3 nitrogen and oxygen atoms in total. The molecule has 0 saturated heterocycles. The van der Waals surface area contributed by atoms with Crippen molar-refractivity contribution in [3.63, 3.8) is 0 Å². The number of hydrogen-bond donors (Lipinski definition) is 0. The Morgan fingerprint density at radius 1 is 0.778 bits per heavy atom. The summed E-state index contributed by atoms with van der Waals surface area (Å²) in [6.45, 7) is 12.5. The molecule has 0 atom stereocenters. The number of benzene rings is 2. The first-order valence-corrected chi connectivity index (χ1v) is 9.36. The van der Waals surface area contributed by atoms with Crippen molar-refractivity contribution in [2.45, 2.75) is 27.7 Å². The molecule has 2 rings (SSSR count). The summed E-state index contributed by atoms with van der Waals surface area (Å²) in [5.41, 5.74) is 4.96. The Morgan fingerprint density at radius 3 is 1.63 bits per heavy atom. The molecule has 0 aliphatic rings. The average molecular weight is 390 g/mol. The Labute approximate surface area is 170 Å². The average Bonchev–Trinajstić information content (AvgIpc) is 2.70. The topological polar surface area (TPSA) is 21.7 Å². The second-order valence-corrected chi connectivity index (χ2v) is 6.38. The minimum atomic E-state index is 0. The fourth-order valence-electron chi connectivity index (χ4n) is 2.91. The van der Waals surface area contributed by atoms with Gasteiger partial charge in [0.25, 0.3) is 0 Å². The zero-order chi connectivity index (χ0) is 18.9. The Balaban J connectivity index is 0.00000364. The van der Waals surface area contributed by atoms with Crippen LogP contribution in [0.4, 0.5) is 0 Å². The van der Waals surface area contributed by atoms with Crippen LogP contribution in [0.1, 0.15) is 38.8 Å². The molecule has 0 saturated carbocycles. The summed E-state index contributed by atoms with van der Waals surface area (Å²) in [7, 11) is 1.69. The minimum absolute atomic E-state index is 0. The number of hydrogen-bond acceptors (Lipinski definition) is 3. The normalized spacial score (nSPS) is 11.6. The first kappa shape index (κ1) is 23.1. The summed E-state index contributed by atoms with van der Waals surface area (Å²) in [4.78, 5) is 2.36. The molecule has 0 radical (unpaired) electrons. The third-order valence-electron chi connectivity index (χ3n) is 4.94. The fraction of sp³-hybridized carbons (Fsp3) is 0.391. The Hall–Kier alpha value is -1.97. The summed E-state index contributed by atoms with van der Waals surface area (Å²) in [5.74, 6) is 1.81. The van der Waals surface area contributed by atoms with Crippen LogP contribution in [0.5, 0.6) is 11.5 Å². The maximum absolute atomic E-state index is 5.87. The Bertz CT molecular complexity index is 704. The predicted molar refractivity (Wildman–Crippen MR) is 118 cm³/mol. The highest BCUT2D eigenvalue weighted by Crippen LogP contribution is 2.28. The highest BCUT2D eigenvalue weighted by Gasteiger charge is 2.05. The number of halogens is 1. The number of ether oxygens (including phenoxy) is 2. The minimum Gasteiger partial charge on any atom is -0.497 e. The van der Waals surface area contributed by atoms with Gasteiger partial charge in [0.15, 0.2) is 0 Å². The van der Waals surface area contributed by atoms with Crippen LogP contribution in [0.25, 0.3) is 11.1 Å². The highest BCUT2D eigenvalue weighted by atomic mass is 35.5. The number of methoxy groups -OCH3 is 1. The van der Waals surface area contributed by atoms with Gasteiger partial charge in [0.2, 0.25) is 0 Å². The highest BCUT2D eigenvalue weighted by molar-refractivity contribution is 5.89. The maximum Gasteiger partial charge on any atom is 0.119 e. The van der Waals surface area contributed by atoms with Gasteiger partial charge in [0, 0.05) is 6.54 Å². The van der Waals surface area contributed by atoms with E-state index in [-0.39, 0.29) is 12.4 Å². The van der Waals surface area contributed by atoms with Gasteiger partial charge in [-0.25, -0.2) is 0 Å². The van der Waals surface area contributed by atoms with E-state index in [0.29, 0.717) is 0 Å². The second-order valence-electron chi connectivity index (χ2n) is 6.38. The van der Waals surface area contributed by atoms with Crippen molar-refractivity contribution in [1.82, 2.24) is 4.90 Å². The van der Waals surface area contributed by atoms with Gasteiger partial charge in [-0.3, -0.25) is 0 Å². The number of allylic oxidation sites excluding steroid dienone is 2. The Morgan fingerprint density at radius 2 is 1.22 bits per heavy atom. The van der Waals surface area contributed by atoms with Crippen LogP contribution in [-0.2, 0) is 0 Å². The van der Waals surface area contributed by atoms with E-state index in [1.807, 2.05) is 12.1 Å². The SMILES string of the molecule is CCN(CC)CCOc1ccc(/C(C)=C(\C)c2ccc(OC)cc2)cc1.Cl. The van der Waals surface area contributed by atoms with Crippen molar-refractivity contribution in [2.24, 2.45) is 0 Å². The molecule has 0 amide bonds. The molecule has 0 aliphatic carbocycles. The molecule has 27 heavy (non-hydrogen) atoms. The lowest BCUT2D eigenvalue weighted by atomic mass is 9.97. The van der Waals surface area contributed by atoms with Crippen LogP contribution in [0, 0.1) is 0 Å². The molecule has 0 fully saturated rings. The molecule has 148 valence electrons. The molecule has 4 heteroatoms. The molecular formula is C23H32ClNO2. The van der Waals surface area contributed by atoms with Crippen LogP contribution in [0.2, 0.25) is 0 Å². The molecular weight excluding hydrogens is 358 g/mol. The summed E-state index contributed by atoms with van der Waals surface area (Å²) in [5, 5.41) is 0. The summed E-state index contributed by atoms with van der Waals surface area (Å²) < 4.78 is 11.1. The molecule has 0 bridgehead atoms. The molecule has 0 aliphatic heterocycles. The van der Waals surface area contributed by atoms with Crippen molar-refractivity contribution in [1.29, 1.82) is 0 Å². The molecule has 0 unspecified atom stereocenters. The largest absolute Gasteiger partial charge is 0.497 e. The van der Waals surface area contributed by atoms with E-state index >= 15 is 0 Å². The standard InChI is InChI=1S/C23H31NO2.ClH/c1-6-24(7-2)16-17-26-23-14-10-21(11-15-23)19(4)18(3)20-8-12-22(25-5)13-9-20;/h8-15H,6-7,16-17H2,1-5H3;1H/b19-18+;. The third-order valence-corrected chi connectivity index (χ3v) is 4.94. The molecule has 2 aromatic rings. The van der Waals surface area contributed by atoms with Crippen molar-refractivity contribution in [3.8, 4) is 11.5 Å². The van der Waals surface area contributed by atoms with Gasteiger partial charge < -0.3 is 14.4 Å². The van der Waals surface area contributed by atoms with E-state index in [2.05, 4.69) is 69.0 Å². The summed E-state index contributed by atoms with van der Waals surface area (Å²) in [6.07, 6.45) is 0. The van der Waals surface area contributed by atoms with Crippen molar-refractivity contribution < 1.29 is 9.47 Å². The van der Waals surface area contributed by atoms with Crippen LogP contribution < -0.4 is 9.47 Å². The van der Waals surface area contributed by atoms with Crippen molar-refractivity contribution >= 4 is 23.6 Å². The van der Waals surface area contributed by atoms with E-state index in [1.54, 1.807) is 7.11 Å². The van der Waals surface area contributed by atoms with E-state index in [1.165, 1.54) is 22.3 Å². The van der Waals surface area contributed by atoms with Gasteiger partial charge in [0.1, 0.15) is 18.1 Å². The van der Waals surface area contributed by atoms with Crippen molar-refractivity contribution in [2.75, 3.05) is 33.4 Å². The second kappa shape index (κ2) is 11.7. The van der Waals surface area contributed by atoms with E-state index in [9.17, 15) is 0 Å². The summed E-state index contributed by atoms with van der Waals surface area (Å²) in [6, 6.07) is 16.6. The molecule has 0 aromatic heterocycles. The zero-order valence-electron chi connectivity index (χ0n) is 17.1. The zero-order valence-corrected chi connectivity index (χ0v) is 17.9. The number of rotatable bonds is 9. The fourth-order valence-corrected chi connectivity index (χ4v) is 2.91. The van der Waals surface area contributed by atoms with E-state index < -0.39 is 0 Å². The molecule has 0 N–H and O–H groups in total. The lowest BCUT2D eigenvalue weighted by Crippen LogP contribution is -2.27. The monoisotopic (exact) mass is 389 g/mol. The van der Waals surface area contributed by atoms with Crippen LogP contribution in [0.3, 0.4) is 0 Å². The summed E-state index contributed by atoms with van der Waals surface area (Å²) >= 11 is 0. The smallest absolute Gasteiger partial charge is 0.119 e. The third kappa shape index (κ3) is 6.60. The molecule has 0 heterocycles. The van der Waals surface area contributed by atoms with Gasteiger partial charge in [-0.2, -0.15) is 0 Å². The van der Waals surface area contributed by atoms with E-state index in [0.717, 1.165) is 37.7 Å². The molecule has 2 aromatic carbocycles. The van der Waals surface area contributed by atoms with Gasteiger partial charge in [-0.15, -0.1) is 12.4 Å². The Kier molecular flexibility index (Phi) is 9.98. The van der Waals surface area contributed by atoms with Crippen LogP contribution in [-0.4, -0.2) is 38.3 Å². The predicted octanol–water partition coefficient (Wildman–Crippen LogP) is 5.79. The van der Waals surface area contributed by atoms with Gasteiger partial charge in [-0.05, 0) is 73.5 Å². The number of likely N-dealkylation sites (N-methyl/N-ethyl adjacent to an activating group) is 1. The first-order chi connectivity index (χ1) is 12.6. The van der Waals surface area contributed by atoms with Gasteiger partial charge >= 0.3 is 0 Å². The number of nitrogens with zero attached hydrogens (tertiary/aromatic N) is 1. The maximum atomic E-state index is 5.87. The lowest BCUT2D eigenvalue weighted by molar-refractivity contribution is 0.223. The van der Waals surface area contributed by atoms with Gasteiger partial charge in [0.05, 0.1) is 7.11 Å². The van der Waals surface area contributed by atoms with Crippen molar-refractivity contribution in [3.05, 3.63) is 59.7 Å². The van der Waals surface area contributed by atoms with Crippen LogP contribution in [0.15, 0.2) is 48.5 Å². The lowest BCUT2D eigenvalue weighted by Gasteiger charge is -2.18. The molecule has 0 spiro atoms. The van der Waals surface area contributed by atoms with Gasteiger partial charge in [-0.1, -0.05) is 38.1 Å². The first-order valence-electron chi connectivity index (χ1n) is 9.36. The van der Waals surface area contributed by atoms with E-state index in [4.69, 9.17) is 9.47 Å². The quantitative estimate of drug-likeness (QED) is 0.507. The van der Waals surface area contributed by atoms with Crippen LogP contribution >= 0.6 is 12.4 Å².